The molecule has 0 spiro atoms. The number of nitrogen functional groups attached to an aromatic ring is 1. The molecule has 7 nitrogen and oxygen atoms in total. The van der Waals surface area contributed by atoms with Crippen LogP contribution >= 0.6 is 0 Å². The zero-order valence-corrected chi connectivity index (χ0v) is 16.7. The second kappa shape index (κ2) is 10.2. The summed E-state index contributed by atoms with van der Waals surface area (Å²) in [7, 11) is 1.65. The highest BCUT2D eigenvalue weighted by Gasteiger charge is 2.11. The molecule has 3 aromatic rings. The molecule has 152 valence electrons. The normalized spacial score (nSPS) is 10.4. The minimum absolute atomic E-state index is 0.259. The number of aromatic nitrogens is 1. The van der Waals surface area contributed by atoms with Gasteiger partial charge in [0.2, 0.25) is 0 Å². The number of nitriles is 1. The summed E-state index contributed by atoms with van der Waals surface area (Å²) < 4.78 is 5.00. The molecule has 1 heterocycles. The number of para-hydroxylation sites is 2. The maximum atomic E-state index is 12.5. The van der Waals surface area contributed by atoms with Gasteiger partial charge in [0.05, 0.1) is 29.2 Å². The molecule has 0 fully saturated rings. The van der Waals surface area contributed by atoms with E-state index in [4.69, 9.17) is 10.5 Å². The molecule has 4 N–H and O–H groups in total. The zero-order valence-electron chi connectivity index (χ0n) is 16.7. The van der Waals surface area contributed by atoms with Gasteiger partial charge in [-0.25, -0.2) is 0 Å². The average Bonchev–Trinajstić information content (AvgIpc) is 2.78. The van der Waals surface area contributed by atoms with Crippen molar-refractivity contribution in [1.82, 2.24) is 10.3 Å². The number of methoxy groups -OCH3 is 1. The second-order valence-electron chi connectivity index (χ2n) is 6.64. The van der Waals surface area contributed by atoms with Crippen LogP contribution in [0.15, 0.2) is 60.8 Å². The molecule has 2 aromatic carbocycles. The standard InChI is InChI=1S/C23H23N5O2/c1-30-11-10-26-14-16-12-19(13-24)22(27-15-16)17-6-8-18(9-7-17)23(29)28-21-5-3-2-4-20(21)25/h2-9,12,15,26H,10-11,14,25H2,1H3,(H,28,29). The fourth-order valence-corrected chi connectivity index (χ4v) is 2.91. The lowest BCUT2D eigenvalue weighted by molar-refractivity contribution is 0.102. The van der Waals surface area contributed by atoms with Gasteiger partial charge in [0.15, 0.2) is 0 Å². The summed E-state index contributed by atoms with van der Waals surface area (Å²) in [6.45, 7) is 1.94. The van der Waals surface area contributed by atoms with Gasteiger partial charge in [0.25, 0.3) is 5.91 Å². The molecular formula is C23H23N5O2. The molecule has 0 atom stereocenters. The Bertz CT molecular complexity index is 1060. The topological polar surface area (TPSA) is 113 Å². The number of carbonyl (C=O) groups excluding carboxylic acids is 1. The maximum absolute atomic E-state index is 12.5. The number of anilines is 2. The molecule has 1 amide bonds. The van der Waals surface area contributed by atoms with Gasteiger partial charge in [0, 0.05) is 37.5 Å². The molecule has 0 radical (unpaired) electrons. The lowest BCUT2D eigenvalue weighted by Crippen LogP contribution is -2.18. The van der Waals surface area contributed by atoms with E-state index in [9.17, 15) is 10.1 Å². The summed E-state index contributed by atoms with van der Waals surface area (Å²) in [5, 5.41) is 15.6. The summed E-state index contributed by atoms with van der Waals surface area (Å²) >= 11 is 0. The molecule has 0 saturated carbocycles. The number of benzene rings is 2. The van der Waals surface area contributed by atoms with Crippen LogP contribution < -0.4 is 16.4 Å². The van der Waals surface area contributed by atoms with Gasteiger partial charge in [-0.3, -0.25) is 9.78 Å². The van der Waals surface area contributed by atoms with E-state index in [0.717, 1.165) is 17.7 Å². The molecule has 0 aliphatic carbocycles. The van der Waals surface area contributed by atoms with Crippen LogP contribution in [0.3, 0.4) is 0 Å². The predicted octanol–water partition coefficient (Wildman–Crippen LogP) is 3.19. The SMILES string of the molecule is COCCNCc1cnc(-c2ccc(C(=O)Nc3ccccc3N)cc2)c(C#N)c1. The lowest BCUT2D eigenvalue weighted by atomic mass is 10.0. The third-order valence-corrected chi connectivity index (χ3v) is 4.51. The molecule has 0 aliphatic rings. The van der Waals surface area contributed by atoms with Gasteiger partial charge < -0.3 is 21.1 Å². The minimum atomic E-state index is -0.259. The third kappa shape index (κ3) is 5.20. The monoisotopic (exact) mass is 401 g/mol. The van der Waals surface area contributed by atoms with Crippen LogP contribution in [0.4, 0.5) is 11.4 Å². The summed E-state index contributed by atoms with van der Waals surface area (Å²) in [5.41, 5.74) is 10.2. The number of ether oxygens (including phenoxy) is 1. The van der Waals surface area contributed by atoms with E-state index in [1.807, 2.05) is 6.07 Å². The number of rotatable bonds is 8. The van der Waals surface area contributed by atoms with E-state index < -0.39 is 0 Å². The van der Waals surface area contributed by atoms with Crippen LogP contribution in [0.1, 0.15) is 21.5 Å². The Hall–Kier alpha value is -3.73. The van der Waals surface area contributed by atoms with E-state index in [1.54, 1.807) is 61.8 Å². The van der Waals surface area contributed by atoms with Gasteiger partial charge in [-0.2, -0.15) is 5.26 Å². The number of pyridine rings is 1. The molecular weight excluding hydrogens is 378 g/mol. The number of hydrogen-bond acceptors (Lipinski definition) is 6. The van der Waals surface area contributed by atoms with Crippen LogP contribution in [0, 0.1) is 11.3 Å². The lowest BCUT2D eigenvalue weighted by Gasteiger charge is -2.10. The quantitative estimate of drug-likeness (QED) is 0.395. The van der Waals surface area contributed by atoms with Crippen molar-refractivity contribution >= 4 is 17.3 Å². The van der Waals surface area contributed by atoms with E-state index in [0.29, 0.717) is 41.3 Å². The van der Waals surface area contributed by atoms with Crippen molar-refractivity contribution in [3.63, 3.8) is 0 Å². The fourth-order valence-electron chi connectivity index (χ4n) is 2.91. The van der Waals surface area contributed by atoms with E-state index >= 15 is 0 Å². The smallest absolute Gasteiger partial charge is 0.255 e. The summed E-state index contributed by atoms with van der Waals surface area (Å²) in [6, 6.07) is 18.1. The van der Waals surface area contributed by atoms with Crippen LogP contribution in [-0.4, -0.2) is 31.2 Å². The highest BCUT2D eigenvalue weighted by atomic mass is 16.5. The largest absolute Gasteiger partial charge is 0.397 e. The number of amides is 1. The summed E-state index contributed by atoms with van der Waals surface area (Å²) in [4.78, 5) is 16.9. The van der Waals surface area contributed by atoms with Crippen LogP contribution in [-0.2, 0) is 11.3 Å². The van der Waals surface area contributed by atoms with Crippen molar-refractivity contribution in [1.29, 1.82) is 5.26 Å². The van der Waals surface area contributed by atoms with Crippen LogP contribution in [0.2, 0.25) is 0 Å². The molecule has 0 saturated heterocycles. The second-order valence-corrected chi connectivity index (χ2v) is 6.64. The Morgan fingerprint density at radius 2 is 1.97 bits per heavy atom. The number of hydrogen-bond donors (Lipinski definition) is 3. The van der Waals surface area contributed by atoms with Gasteiger partial charge in [-0.1, -0.05) is 24.3 Å². The van der Waals surface area contributed by atoms with E-state index in [1.165, 1.54) is 0 Å². The van der Waals surface area contributed by atoms with Gasteiger partial charge in [0.1, 0.15) is 6.07 Å². The number of nitrogens with two attached hydrogens (primary N) is 1. The van der Waals surface area contributed by atoms with E-state index in [2.05, 4.69) is 21.7 Å². The Morgan fingerprint density at radius 1 is 1.20 bits per heavy atom. The zero-order chi connectivity index (χ0) is 21.3. The first-order valence-corrected chi connectivity index (χ1v) is 9.47. The molecule has 7 heteroatoms. The Morgan fingerprint density at radius 3 is 2.67 bits per heavy atom. The Labute approximate surface area is 175 Å². The molecule has 3 rings (SSSR count). The summed E-state index contributed by atoms with van der Waals surface area (Å²) in [6.07, 6.45) is 1.74. The van der Waals surface area contributed by atoms with Crippen molar-refractivity contribution in [2.45, 2.75) is 6.54 Å². The van der Waals surface area contributed by atoms with Crippen LogP contribution in [0.25, 0.3) is 11.3 Å². The van der Waals surface area contributed by atoms with Crippen LogP contribution in [0.5, 0.6) is 0 Å². The molecule has 30 heavy (non-hydrogen) atoms. The van der Waals surface area contributed by atoms with Gasteiger partial charge in [-0.15, -0.1) is 0 Å². The number of nitrogens with zero attached hydrogens (tertiary/aromatic N) is 2. The fraction of sp³-hybridized carbons (Fsp3) is 0.174. The van der Waals surface area contributed by atoms with Crippen molar-refractivity contribution < 1.29 is 9.53 Å². The molecule has 0 unspecified atom stereocenters. The predicted molar refractivity (Wildman–Crippen MR) is 117 cm³/mol. The average molecular weight is 401 g/mol. The maximum Gasteiger partial charge on any atom is 0.255 e. The van der Waals surface area contributed by atoms with Crippen molar-refractivity contribution in [3.8, 4) is 17.3 Å². The van der Waals surface area contributed by atoms with E-state index in [-0.39, 0.29) is 5.91 Å². The summed E-state index contributed by atoms with van der Waals surface area (Å²) in [5.74, 6) is -0.259. The van der Waals surface area contributed by atoms with Crippen molar-refractivity contribution in [2.24, 2.45) is 0 Å². The Kier molecular flexibility index (Phi) is 7.11. The van der Waals surface area contributed by atoms with Crippen molar-refractivity contribution in [2.75, 3.05) is 31.3 Å². The first-order chi connectivity index (χ1) is 14.6. The first-order valence-electron chi connectivity index (χ1n) is 9.47. The first kappa shape index (κ1) is 21.0. The number of carbonyl (C=O) groups is 1. The van der Waals surface area contributed by atoms with Crippen molar-refractivity contribution in [3.05, 3.63) is 77.5 Å². The number of nitrogens with one attached hydrogen (secondary N) is 2. The molecule has 1 aromatic heterocycles. The minimum Gasteiger partial charge on any atom is -0.397 e. The Balaban J connectivity index is 1.73. The van der Waals surface area contributed by atoms with Gasteiger partial charge >= 0.3 is 0 Å². The third-order valence-electron chi connectivity index (χ3n) is 4.51. The highest BCUT2D eigenvalue weighted by molar-refractivity contribution is 6.05. The molecule has 0 bridgehead atoms. The van der Waals surface area contributed by atoms with Gasteiger partial charge in [-0.05, 0) is 35.9 Å². The highest BCUT2D eigenvalue weighted by Crippen LogP contribution is 2.23. The molecule has 0 aliphatic heterocycles.